The lowest BCUT2D eigenvalue weighted by Gasteiger charge is -2.50. The van der Waals surface area contributed by atoms with Gasteiger partial charge in [0.15, 0.2) is 5.79 Å². The van der Waals surface area contributed by atoms with Crippen LogP contribution in [0.2, 0.25) is 0 Å². The predicted octanol–water partition coefficient (Wildman–Crippen LogP) is 7.23. The van der Waals surface area contributed by atoms with Crippen molar-refractivity contribution in [3.63, 3.8) is 0 Å². The third kappa shape index (κ3) is 7.34. The van der Waals surface area contributed by atoms with Crippen LogP contribution in [0, 0.1) is 59.2 Å². The first kappa shape index (κ1) is 40.6. The Kier molecular flexibility index (Phi) is 11.9. The number of para-hydroxylation sites is 2. The number of carbonyl (C=O) groups excluding carboxylic acids is 4. The van der Waals surface area contributed by atoms with Crippen LogP contribution >= 0.6 is 0 Å². The highest BCUT2D eigenvalue weighted by Crippen LogP contribution is 2.57. The van der Waals surface area contributed by atoms with Crippen molar-refractivity contribution in [3.05, 3.63) is 60.7 Å². The summed E-state index contributed by atoms with van der Waals surface area (Å²) in [6.45, 7) is 4.96. The van der Waals surface area contributed by atoms with E-state index in [0.29, 0.717) is 38.9 Å². The van der Waals surface area contributed by atoms with E-state index >= 15 is 0 Å². The fourth-order valence-corrected chi connectivity index (χ4v) is 11.5. The van der Waals surface area contributed by atoms with Gasteiger partial charge in [0.05, 0.1) is 31.0 Å². The zero-order valence-electron chi connectivity index (χ0n) is 30.3. The topological polar surface area (TPSA) is 146 Å². The van der Waals surface area contributed by atoms with Crippen LogP contribution in [-0.2, 0) is 42.9 Å². The van der Waals surface area contributed by atoms with Crippen LogP contribution in [0.4, 0.5) is 11.4 Å². The molecular weight excluding hydrogens is 702 g/mol. The van der Waals surface area contributed by atoms with Crippen molar-refractivity contribution in [2.24, 2.45) is 59.2 Å². The molecule has 3 aliphatic heterocycles. The van der Waals surface area contributed by atoms with E-state index in [1.54, 1.807) is 6.92 Å². The number of ketones is 1. The lowest BCUT2D eigenvalue weighted by molar-refractivity contribution is -0.207. The molecule has 9 rings (SSSR count). The molecule has 4 aliphatic carbocycles. The van der Waals surface area contributed by atoms with Gasteiger partial charge >= 0.3 is 17.9 Å². The summed E-state index contributed by atoms with van der Waals surface area (Å²) in [5.74, 6) is -2.93. The molecular formula is C44H57NO10. The third-order valence-electron chi connectivity index (χ3n) is 13.6. The first-order valence-electron chi connectivity index (χ1n) is 19.4. The number of hydrogen-bond acceptors (Lipinski definition) is 9. The number of carboxylic acids is 1. The number of ether oxygens (including phenoxy) is 4. The van der Waals surface area contributed by atoms with Crippen molar-refractivity contribution >= 4 is 41.0 Å². The van der Waals surface area contributed by atoms with Crippen molar-refractivity contribution in [1.82, 2.24) is 0 Å². The number of benzene rings is 2. The SMILES string of the molecule is C.C.CC1OC(=O)[C@@H]2C[C@@H]3CC(=O)CC[C@H]3[C@H](C(=O)O)[C@H]12.CC1OC(=O)[C@@H]2C[C@@H]3CC4(CC[C@H]3[C@H](C(=O)N(c3ccccc3)c3ccccc3)[C@H]12)OCCO4. The minimum Gasteiger partial charge on any atom is -0.481 e. The summed E-state index contributed by atoms with van der Waals surface area (Å²) >= 11 is 0. The fourth-order valence-electron chi connectivity index (χ4n) is 11.5. The molecule has 2 aromatic carbocycles. The van der Waals surface area contributed by atoms with Gasteiger partial charge in [-0.2, -0.15) is 0 Å². The summed E-state index contributed by atoms with van der Waals surface area (Å²) in [7, 11) is 0. The van der Waals surface area contributed by atoms with Gasteiger partial charge < -0.3 is 24.1 Å². The number of carbonyl (C=O) groups is 5. The van der Waals surface area contributed by atoms with Crippen LogP contribution < -0.4 is 4.90 Å². The van der Waals surface area contributed by atoms with E-state index in [0.717, 1.165) is 37.1 Å². The standard InChI is InChI=1S/C28H31NO5.C14H18O5.2CH4/c1-18-24-23(27(31)34-18)16-19-17-28(32-14-15-33-28)13-12-22(19)25(24)26(30)29(20-8-4-2-5-9-20)21-10-6-3-7-11-21;1-6-11-10(14(18)19-6)5-7-4-8(15)2-3-9(7)12(11)13(16)17;;/h2-11,18-19,22-25H,12-17H2,1H3;6-7,9-12H,2-5H2,1H3,(H,16,17);2*1H4/t18?,19-,22-,23-,24-,25+;6?,7-,9+,10+,11+,12-;;/m10../s1. The smallest absolute Gasteiger partial charge is 0.309 e. The summed E-state index contributed by atoms with van der Waals surface area (Å²) < 4.78 is 23.0. The molecule has 3 saturated heterocycles. The molecule has 3 heterocycles. The first-order chi connectivity index (χ1) is 25.5. The van der Waals surface area contributed by atoms with Gasteiger partial charge in [-0.05, 0) is 87.5 Å². The number of aliphatic carboxylic acids is 1. The monoisotopic (exact) mass is 759 g/mol. The van der Waals surface area contributed by atoms with Gasteiger partial charge in [-0.1, -0.05) is 51.3 Å². The molecule has 2 unspecified atom stereocenters. The van der Waals surface area contributed by atoms with Crippen LogP contribution in [0.15, 0.2) is 60.7 Å². The molecule has 7 fully saturated rings. The van der Waals surface area contributed by atoms with E-state index in [1.807, 2.05) is 72.5 Å². The van der Waals surface area contributed by atoms with Crippen LogP contribution in [0.5, 0.6) is 0 Å². The molecule has 11 heteroatoms. The number of cyclic esters (lactones) is 2. The molecule has 0 bridgehead atoms. The maximum Gasteiger partial charge on any atom is 0.309 e. The van der Waals surface area contributed by atoms with Gasteiger partial charge in [0.1, 0.15) is 18.0 Å². The molecule has 1 amide bonds. The fraction of sp³-hybridized carbons (Fsp3) is 0.614. The molecule has 298 valence electrons. The van der Waals surface area contributed by atoms with Gasteiger partial charge in [0.25, 0.3) is 0 Å². The number of carboxylic acid groups (broad SMARTS) is 1. The highest BCUT2D eigenvalue weighted by molar-refractivity contribution is 6.02. The minimum atomic E-state index is -0.843. The van der Waals surface area contributed by atoms with Crippen molar-refractivity contribution in [2.75, 3.05) is 18.1 Å². The summed E-state index contributed by atoms with van der Waals surface area (Å²) in [6.07, 6.45) is 4.70. The number of esters is 2. The van der Waals surface area contributed by atoms with E-state index < -0.39 is 17.7 Å². The normalized spacial score (nSPS) is 36.5. The Labute approximate surface area is 324 Å². The van der Waals surface area contributed by atoms with Crippen LogP contribution in [0.25, 0.3) is 0 Å². The number of rotatable bonds is 4. The second kappa shape index (κ2) is 16.2. The molecule has 1 spiro atoms. The molecule has 0 radical (unpaired) electrons. The molecule has 7 aliphatic rings. The van der Waals surface area contributed by atoms with Gasteiger partial charge in [-0.25, -0.2) is 0 Å². The number of amides is 1. The van der Waals surface area contributed by atoms with E-state index in [2.05, 4.69) is 0 Å². The molecule has 11 nitrogen and oxygen atoms in total. The Morgan fingerprint density at radius 3 is 1.78 bits per heavy atom. The number of fused-ring (bicyclic) bond motifs is 4. The lowest BCUT2D eigenvalue weighted by atomic mass is 9.56. The Morgan fingerprint density at radius 2 is 1.24 bits per heavy atom. The van der Waals surface area contributed by atoms with Crippen LogP contribution in [-0.4, -0.2) is 65.9 Å². The molecule has 12 atom stereocenters. The number of anilines is 2. The molecule has 4 saturated carbocycles. The van der Waals surface area contributed by atoms with Gasteiger partial charge in [0.2, 0.25) is 5.91 Å². The second-order valence-electron chi connectivity index (χ2n) is 16.3. The minimum absolute atomic E-state index is 0. The molecule has 2 aromatic rings. The summed E-state index contributed by atoms with van der Waals surface area (Å²) in [5, 5.41) is 9.54. The highest BCUT2D eigenvalue weighted by Gasteiger charge is 2.61. The van der Waals surface area contributed by atoms with Crippen molar-refractivity contribution in [1.29, 1.82) is 0 Å². The van der Waals surface area contributed by atoms with Crippen molar-refractivity contribution < 1.29 is 48.0 Å². The third-order valence-corrected chi connectivity index (χ3v) is 13.6. The summed E-state index contributed by atoms with van der Waals surface area (Å²) in [6, 6.07) is 19.6. The number of hydrogen-bond donors (Lipinski definition) is 1. The Balaban J connectivity index is 0.000000209. The predicted molar refractivity (Wildman–Crippen MR) is 204 cm³/mol. The van der Waals surface area contributed by atoms with E-state index in [1.165, 1.54) is 0 Å². The Hall–Kier alpha value is -4.09. The largest absolute Gasteiger partial charge is 0.481 e. The zero-order chi connectivity index (χ0) is 37.0. The molecule has 55 heavy (non-hydrogen) atoms. The quantitative estimate of drug-likeness (QED) is 0.317. The first-order valence-corrected chi connectivity index (χ1v) is 19.4. The van der Waals surface area contributed by atoms with Crippen LogP contribution in [0.3, 0.4) is 0 Å². The number of nitrogens with zero attached hydrogens (tertiary/aromatic N) is 1. The maximum absolute atomic E-state index is 14.6. The van der Waals surface area contributed by atoms with Gasteiger partial charge in [-0.3, -0.25) is 28.9 Å². The van der Waals surface area contributed by atoms with Crippen molar-refractivity contribution in [2.45, 2.75) is 98.1 Å². The average molecular weight is 760 g/mol. The Morgan fingerprint density at radius 1 is 0.727 bits per heavy atom. The van der Waals surface area contributed by atoms with E-state index in [9.17, 15) is 29.1 Å². The average Bonchev–Trinajstić information content (AvgIpc) is 3.81. The molecule has 0 aromatic heterocycles. The van der Waals surface area contributed by atoms with E-state index in [4.69, 9.17) is 18.9 Å². The van der Waals surface area contributed by atoms with Gasteiger partial charge in [-0.15, -0.1) is 0 Å². The van der Waals surface area contributed by atoms with E-state index in [-0.39, 0.29) is 104 Å². The number of Topliss-reactive ketones (excluding diaryl/α,β-unsaturated/α-hetero) is 1. The molecule has 1 N–H and O–H groups in total. The zero-order valence-corrected chi connectivity index (χ0v) is 30.3. The maximum atomic E-state index is 14.6. The van der Waals surface area contributed by atoms with Gasteiger partial charge in [0, 0.05) is 54.8 Å². The lowest BCUT2D eigenvalue weighted by Crippen LogP contribution is -2.54. The highest BCUT2D eigenvalue weighted by atomic mass is 16.7. The van der Waals surface area contributed by atoms with Crippen molar-refractivity contribution in [3.8, 4) is 0 Å². The second-order valence-corrected chi connectivity index (χ2v) is 16.3. The Bertz CT molecular complexity index is 1690. The summed E-state index contributed by atoms with van der Waals surface area (Å²) in [4.78, 5) is 64.3. The van der Waals surface area contributed by atoms with Crippen LogP contribution in [0.1, 0.15) is 80.1 Å². The summed E-state index contributed by atoms with van der Waals surface area (Å²) in [5.41, 5.74) is 1.68.